The number of benzene rings is 4. The SMILES string of the molecule is COc1ccc2c(c1)cc(Cc1cc3ccccc3n1S(=O)(=O)c1ccccc1)n2S(=O)(=O)c1ccccc1. The van der Waals surface area contributed by atoms with E-state index in [4.69, 9.17) is 4.74 Å². The van der Waals surface area contributed by atoms with Gasteiger partial charge in [-0.05, 0) is 60.7 Å². The first-order valence-electron chi connectivity index (χ1n) is 12.2. The second-order valence-electron chi connectivity index (χ2n) is 9.10. The molecule has 0 aliphatic rings. The molecule has 0 aliphatic heterocycles. The van der Waals surface area contributed by atoms with Gasteiger partial charge in [-0.2, -0.15) is 0 Å². The molecule has 0 radical (unpaired) electrons. The normalized spacial score (nSPS) is 12.2. The molecule has 2 heterocycles. The lowest BCUT2D eigenvalue weighted by Crippen LogP contribution is -2.19. The lowest BCUT2D eigenvalue weighted by Gasteiger charge is -2.15. The maximum atomic E-state index is 14.0. The molecule has 0 saturated carbocycles. The average Bonchev–Trinajstić information content (AvgIpc) is 3.51. The molecule has 196 valence electrons. The summed E-state index contributed by atoms with van der Waals surface area (Å²) in [6, 6.07) is 32.4. The van der Waals surface area contributed by atoms with Crippen LogP contribution in [0.4, 0.5) is 0 Å². The van der Waals surface area contributed by atoms with Crippen LogP contribution in [0.1, 0.15) is 11.4 Å². The lowest BCUT2D eigenvalue weighted by molar-refractivity contribution is 0.415. The molecule has 0 unspecified atom stereocenters. The molecule has 0 N–H and O–H groups in total. The van der Waals surface area contributed by atoms with Crippen molar-refractivity contribution >= 4 is 41.9 Å². The Bertz CT molecular complexity index is 2040. The van der Waals surface area contributed by atoms with E-state index in [-0.39, 0.29) is 16.2 Å². The van der Waals surface area contributed by atoms with E-state index >= 15 is 0 Å². The van der Waals surface area contributed by atoms with E-state index in [9.17, 15) is 16.8 Å². The van der Waals surface area contributed by atoms with Gasteiger partial charge in [0.15, 0.2) is 0 Å². The predicted octanol–water partition coefficient (Wildman–Crippen LogP) is 5.67. The summed E-state index contributed by atoms with van der Waals surface area (Å²) in [6.45, 7) is 0. The first-order valence-corrected chi connectivity index (χ1v) is 15.1. The van der Waals surface area contributed by atoms with Crippen molar-refractivity contribution in [3.05, 3.63) is 127 Å². The molecule has 0 atom stereocenters. The molecule has 4 aromatic carbocycles. The van der Waals surface area contributed by atoms with E-state index in [0.29, 0.717) is 33.6 Å². The van der Waals surface area contributed by atoms with E-state index in [2.05, 4.69) is 0 Å². The van der Waals surface area contributed by atoms with Gasteiger partial charge in [0, 0.05) is 28.6 Å². The summed E-state index contributed by atoms with van der Waals surface area (Å²) in [5, 5.41) is 1.40. The third-order valence-electron chi connectivity index (χ3n) is 6.70. The minimum absolute atomic E-state index is 0.0454. The van der Waals surface area contributed by atoms with Crippen LogP contribution in [0.25, 0.3) is 21.8 Å². The fourth-order valence-electron chi connectivity index (χ4n) is 4.94. The number of rotatable bonds is 7. The van der Waals surface area contributed by atoms with Gasteiger partial charge in [0.05, 0.1) is 27.9 Å². The minimum Gasteiger partial charge on any atom is -0.497 e. The van der Waals surface area contributed by atoms with Crippen molar-refractivity contribution in [2.75, 3.05) is 7.11 Å². The molecule has 9 heteroatoms. The Kier molecular flexibility index (Phi) is 6.05. The van der Waals surface area contributed by atoms with Gasteiger partial charge in [0.2, 0.25) is 0 Å². The van der Waals surface area contributed by atoms with Gasteiger partial charge < -0.3 is 4.74 Å². The van der Waals surface area contributed by atoms with Crippen molar-refractivity contribution in [1.29, 1.82) is 0 Å². The Morgan fingerprint density at radius 2 is 1.05 bits per heavy atom. The molecule has 0 aliphatic carbocycles. The van der Waals surface area contributed by atoms with Gasteiger partial charge in [0.1, 0.15) is 5.75 Å². The maximum absolute atomic E-state index is 14.0. The number of nitrogens with zero attached hydrogens (tertiary/aromatic N) is 2. The summed E-state index contributed by atoms with van der Waals surface area (Å²) < 4.78 is 63.7. The van der Waals surface area contributed by atoms with E-state index in [1.54, 1.807) is 110 Å². The van der Waals surface area contributed by atoms with Crippen LogP contribution >= 0.6 is 0 Å². The fourth-order valence-corrected chi connectivity index (χ4v) is 8.06. The second-order valence-corrected chi connectivity index (χ2v) is 12.7. The Hall–Kier alpha value is -4.34. The van der Waals surface area contributed by atoms with Gasteiger partial charge in [-0.15, -0.1) is 0 Å². The predicted molar refractivity (Wildman–Crippen MR) is 151 cm³/mol. The van der Waals surface area contributed by atoms with Crippen molar-refractivity contribution in [2.24, 2.45) is 0 Å². The van der Waals surface area contributed by atoms with Gasteiger partial charge in [0.25, 0.3) is 20.0 Å². The number of ether oxygens (including phenoxy) is 1. The summed E-state index contributed by atoms with van der Waals surface area (Å²) in [5.41, 5.74) is 1.86. The first-order chi connectivity index (χ1) is 18.8. The van der Waals surface area contributed by atoms with Crippen LogP contribution in [0.2, 0.25) is 0 Å². The zero-order valence-electron chi connectivity index (χ0n) is 20.9. The minimum atomic E-state index is -4.01. The quantitative estimate of drug-likeness (QED) is 0.253. The molecular formula is C30H24N2O5S2. The molecule has 0 amide bonds. The number of fused-ring (bicyclic) bond motifs is 2. The number of aromatic nitrogens is 2. The average molecular weight is 557 g/mol. The molecule has 7 nitrogen and oxygen atoms in total. The van der Waals surface area contributed by atoms with E-state index < -0.39 is 20.0 Å². The van der Waals surface area contributed by atoms with Gasteiger partial charge in [-0.3, -0.25) is 0 Å². The number of hydrogen-bond acceptors (Lipinski definition) is 5. The van der Waals surface area contributed by atoms with Crippen LogP contribution in [-0.2, 0) is 26.5 Å². The third kappa shape index (κ3) is 4.20. The van der Waals surface area contributed by atoms with Gasteiger partial charge in [-0.25, -0.2) is 24.8 Å². The highest BCUT2D eigenvalue weighted by Gasteiger charge is 2.27. The number of para-hydroxylation sites is 1. The highest BCUT2D eigenvalue weighted by Crippen LogP contribution is 2.32. The molecule has 39 heavy (non-hydrogen) atoms. The van der Waals surface area contributed by atoms with Crippen LogP contribution in [0.5, 0.6) is 5.75 Å². The maximum Gasteiger partial charge on any atom is 0.268 e. The smallest absolute Gasteiger partial charge is 0.268 e. The highest BCUT2D eigenvalue weighted by atomic mass is 32.2. The monoisotopic (exact) mass is 556 g/mol. The Labute approximate surface area is 226 Å². The first kappa shape index (κ1) is 25.0. The highest BCUT2D eigenvalue weighted by molar-refractivity contribution is 7.90. The number of methoxy groups -OCH3 is 1. The van der Waals surface area contributed by atoms with Crippen molar-refractivity contribution < 1.29 is 21.6 Å². The van der Waals surface area contributed by atoms with E-state index in [0.717, 1.165) is 5.39 Å². The molecule has 0 bridgehead atoms. The summed E-state index contributed by atoms with van der Waals surface area (Å²) in [5.74, 6) is 0.587. The van der Waals surface area contributed by atoms with Crippen molar-refractivity contribution in [2.45, 2.75) is 16.2 Å². The molecule has 2 aromatic heterocycles. The topological polar surface area (TPSA) is 87.4 Å². The Morgan fingerprint density at radius 1 is 0.564 bits per heavy atom. The summed E-state index contributed by atoms with van der Waals surface area (Å²) in [6.07, 6.45) is 0.0454. The zero-order chi connectivity index (χ0) is 27.2. The number of hydrogen-bond donors (Lipinski definition) is 0. The Morgan fingerprint density at radius 3 is 1.62 bits per heavy atom. The zero-order valence-corrected chi connectivity index (χ0v) is 22.6. The second kappa shape index (κ2) is 9.44. The van der Waals surface area contributed by atoms with Crippen LogP contribution in [0.15, 0.2) is 125 Å². The van der Waals surface area contributed by atoms with Crippen molar-refractivity contribution in [1.82, 2.24) is 7.94 Å². The van der Waals surface area contributed by atoms with E-state index in [1.807, 2.05) is 12.1 Å². The molecule has 0 fully saturated rings. The van der Waals surface area contributed by atoms with Crippen LogP contribution in [-0.4, -0.2) is 31.9 Å². The molecular weight excluding hydrogens is 532 g/mol. The van der Waals surface area contributed by atoms with Crippen molar-refractivity contribution in [3.63, 3.8) is 0 Å². The molecule has 6 aromatic rings. The van der Waals surface area contributed by atoms with Crippen LogP contribution in [0, 0.1) is 0 Å². The summed E-state index contributed by atoms with van der Waals surface area (Å²) in [4.78, 5) is 0.284. The van der Waals surface area contributed by atoms with Gasteiger partial charge >= 0.3 is 0 Å². The lowest BCUT2D eigenvalue weighted by atomic mass is 10.2. The largest absolute Gasteiger partial charge is 0.497 e. The Balaban J connectivity index is 1.60. The van der Waals surface area contributed by atoms with Crippen LogP contribution < -0.4 is 4.74 Å². The molecule has 0 spiro atoms. The van der Waals surface area contributed by atoms with Crippen LogP contribution in [0.3, 0.4) is 0 Å². The fraction of sp³-hybridized carbons (Fsp3) is 0.0667. The molecule has 0 saturated heterocycles. The molecule has 6 rings (SSSR count). The summed E-state index contributed by atoms with van der Waals surface area (Å²) in [7, 11) is -6.43. The third-order valence-corrected chi connectivity index (χ3v) is 10.3. The van der Waals surface area contributed by atoms with Gasteiger partial charge in [-0.1, -0.05) is 54.6 Å². The summed E-state index contributed by atoms with van der Waals surface area (Å²) >= 11 is 0. The standard InChI is InChI=1S/C30H24N2O5S2/c1-37-26-16-17-30-23(20-26)19-25(32(30)39(35,36)28-13-6-3-7-14-28)21-24-18-22-10-8-9-15-29(22)31(24)38(33,34)27-11-4-2-5-12-27/h2-20H,21H2,1H3. The van der Waals surface area contributed by atoms with Crippen molar-refractivity contribution in [3.8, 4) is 5.75 Å². The van der Waals surface area contributed by atoms with E-state index in [1.165, 1.54) is 7.94 Å².